The number of esters is 1. The normalized spacial score (nSPS) is 11.0. The maximum Gasteiger partial charge on any atom is 0.354 e. The van der Waals surface area contributed by atoms with Crippen LogP contribution in [0, 0.1) is 10.1 Å². The number of hydrogen-bond donors (Lipinski definition) is 1. The van der Waals surface area contributed by atoms with E-state index in [1.54, 1.807) is 6.92 Å². The van der Waals surface area contributed by atoms with Crippen LogP contribution in [0.2, 0.25) is 5.02 Å². The Kier molecular flexibility index (Phi) is 5.25. The van der Waals surface area contributed by atoms with Gasteiger partial charge in [-0.3, -0.25) is 15.5 Å². The molecule has 7 nitrogen and oxygen atoms in total. The molecule has 1 rings (SSSR count). The maximum absolute atomic E-state index is 11.3. The molecule has 0 aliphatic rings. The van der Waals surface area contributed by atoms with Gasteiger partial charge in [-0.1, -0.05) is 11.6 Å². The van der Waals surface area contributed by atoms with E-state index in [1.807, 2.05) is 0 Å². The summed E-state index contributed by atoms with van der Waals surface area (Å²) in [5.41, 5.74) is 2.40. The van der Waals surface area contributed by atoms with E-state index in [0.29, 0.717) is 5.02 Å². The molecular weight excluding hydrogens is 274 g/mol. The number of nitrogens with zero attached hydrogens (tertiary/aromatic N) is 2. The highest BCUT2D eigenvalue weighted by molar-refractivity contribution is 6.35. The van der Waals surface area contributed by atoms with Crippen LogP contribution in [0.4, 0.5) is 11.4 Å². The lowest BCUT2D eigenvalue weighted by Crippen LogP contribution is -2.15. The standard InChI is InChI=1S/C11H12ClN3O4/c1-3-19-11(16)7(2)13-14-9-6-8(12)4-5-10(9)15(17)18/h4-6,14H,3H2,1-2H3. The van der Waals surface area contributed by atoms with Crippen molar-refractivity contribution in [3.8, 4) is 0 Å². The summed E-state index contributed by atoms with van der Waals surface area (Å²) in [5.74, 6) is -0.598. The number of carbonyl (C=O) groups is 1. The molecule has 102 valence electrons. The van der Waals surface area contributed by atoms with Crippen LogP contribution < -0.4 is 5.43 Å². The minimum atomic E-state index is -0.598. The third-order valence-corrected chi connectivity index (χ3v) is 2.31. The molecule has 0 heterocycles. The summed E-state index contributed by atoms with van der Waals surface area (Å²) in [6, 6.07) is 3.99. The highest BCUT2D eigenvalue weighted by Crippen LogP contribution is 2.27. The molecule has 0 fully saturated rings. The molecule has 0 atom stereocenters. The quantitative estimate of drug-likeness (QED) is 0.388. The summed E-state index contributed by atoms with van der Waals surface area (Å²) in [5, 5.41) is 14.8. The lowest BCUT2D eigenvalue weighted by atomic mass is 10.3. The molecule has 0 saturated carbocycles. The summed E-state index contributed by atoms with van der Waals surface area (Å²) >= 11 is 5.75. The molecule has 0 aliphatic carbocycles. The van der Waals surface area contributed by atoms with Crippen molar-refractivity contribution >= 4 is 34.7 Å². The number of halogens is 1. The fourth-order valence-electron chi connectivity index (χ4n) is 1.18. The number of nitro benzene ring substituents is 1. The molecule has 0 aromatic heterocycles. The number of carbonyl (C=O) groups excluding carboxylic acids is 1. The SMILES string of the molecule is CCOC(=O)C(C)=NNc1cc(Cl)ccc1[N+](=O)[O-]. The van der Waals surface area contributed by atoms with Gasteiger partial charge in [0.25, 0.3) is 5.69 Å². The summed E-state index contributed by atoms with van der Waals surface area (Å²) in [6.07, 6.45) is 0. The highest BCUT2D eigenvalue weighted by Gasteiger charge is 2.14. The van der Waals surface area contributed by atoms with Gasteiger partial charge < -0.3 is 4.74 Å². The fourth-order valence-corrected chi connectivity index (χ4v) is 1.35. The van der Waals surface area contributed by atoms with E-state index in [-0.39, 0.29) is 23.7 Å². The van der Waals surface area contributed by atoms with Crippen molar-refractivity contribution in [1.29, 1.82) is 0 Å². The Morgan fingerprint density at radius 2 is 2.26 bits per heavy atom. The van der Waals surface area contributed by atoms with Crippen molar-refractivity contribution in [1.82, 2.24) is 0 Å². The molecule has 0 unspecified atom stereocenters. The zero-order chi connectivity index (χ0) is 14.4. The molecule has 0 spiro atoms. The van der Waals surface area contributed by atoms with Gasteiger partial charge in [-0.15, -0.1) is 0 Å². The number of nitro groups is 1. The zero-order valence-electron chi connectivity index (χ0n) is 10.3. The first-order valence-corrected chi connectivity index (χ1v) is 5.74. The first kappa shape index (κ1) is 14.9. The van der Waals surface area contributed by atoms with E-state index < -0.39 is 10.9 Å². The Bertz CT molecular complexity index is 531. The van der Waals surface area contributed by atoms with Crippen LogP contribution in [-0.4, -0.2) is 23.2 Å². The number of hydrogen-bond acceptors (Lipinski definition) is 6. The van der Waals surface area contributed by atoms with Crippen LogP contribution in [0.3, 0.4) is 0 Å². The first-order chi connectivity index (χ1) is 8.95. The predicted octanol–water partition coefficient (Wildman–Crippen LogP) is 2.60. The van der Waals surface area contributed by atoms with E-state index in [4.69, 9.17) is 16.3 Å². The van der Waals surface area contributed by atoms with Gasteiger partial charge in [0.2, 0.25) is 0 Å². The topological polar surface area (TPSA) is 93.8 Å². The lowest BCUT2D eigenvalue weighted by Gasteiger charge is -2.04. The number of hydrazone groups is 1. The van der Waals surface area contributed by atoms with Gasteiger partial charge in [0, 0.05) is 11.1 Å². The van der Waals surface area contributed by atoms with Gasteiger partial charge in [0.05, 0.1) is 11.5 Å². The van der Waals surface area contributed by atoms with Crippen LogP contribution in [-0.2, 0) is 9.53 Å². The molecule has 19 heavy (non-hydrogen) atoms. The Morgan fingerprint density at radius 1 is 1.58 bits per heavy atom. The van der Waals surface area contributed by atoms with E-state index in [9.17, 15) is 14.9 Å². The van der Waals surface area contributed by atoms with Crippen molar-refractivity contribution in [2.24, 2.45) is 5.10 Å². The van der Waals surface area contributed by atoms with Crippen LogP contribution in [0.5, 0.6) is 0 Å². The van der Waals surface area contributed by atoms with Gasteiger partial charge in [-0.05, 0) is 26.0 Å². The fraction of sp³-hybridized carbons (Fsp3) is 0.273. The highest BCUT2D eigenvalue weighted by atomic mass is 35.5. The number of rotatable bonds is 5. The monoisotopic (exact) mass is 285 g/mol. The summed E-state index contributed by atoms with van der Waals surface area (Å²) in [6.45, 7) is 3.32. The van der Waals surface area contributed by atoms with Crippen molar-refractivity contribution in [2.75, 3.05) is 12.0 Å². The van der Waals surface area contributed by atoms with Crippen molar-refractivity contribution in [3.63, 3.8) is 0 Å². The molecule has 0 radical (unpaired) electrons. The second-order valence-electron chi connectivity index (χ2n) is 3.45. The van der Waals surface area contributed by atoms with Crippen LogP contribution in [0.25, 0.3) is 0 Å². The Morgan fingerprint density at radius 3 is 2.84 bits per heavy atom. The Balaban J connectivity index is 2.93. The number of ether oxygens (including phenoxy) is 1. The van der Waals surface area contributed by atoms with Gasteiger partial charge in [-0.2, -0.15) is 5.10 Å². The van der Waals surface area contributed by atoms with E-state index in [0.717, 1.165) is 0 Å². The third-order valence-electron chi connectivity index (χ3n) is 2.07. The average molecular weight is 286 g/mol. The van der Waals surface area contributed by atoms with Crippen LogP contribution in [0.1, 0.15) is 13.8 Å². The Labute approximate surface area is 114 Å². The molecule has 1 N–H and O–H groups in total. The second kappa shape index (κ2) is 6.69. The largest absolute Gasteiger partial charge is 0.461 e. The third kappa shape index (κ3) is 4.22. The molecule has 0 bridgehead atoms. The summed E-state index contributed by atoms with van der Waals surface area (Å²) in [4.78, 5) is 21.5. The predicted molar refractivity (Wildman–Crippen MR) is 71.5 cm³/mol. The Hall–Kier alpha value is -2.15. The van der Waals surface area contributed by atoms with Crippen LogP contribution in [0.15, 0.2) is 23.3 Å². The minimum Gasteiger partial charge on any atom is -0.461 e. The van der Waals surface area contributed by atoms with E-state index in [1.165, 1.54) is 25.1 Å². The number of nitrogens with one attached hydrogen (secondary N) is 1. The van der Waals surface area contributed by atoms with Crippen molar-refractivity contribution in [2.45, 2.75) is 13.8 Å². The average Bonchev–Trinajstić information content (AvgIpc) is 2.35. The van der Waals surface area contributed by atoms with Crippen molar-refractivity contribution < 1.29 is 14.5 Å². The summed E-state index contributed by atoms with van der Waals surface area (Å²) < 4.78 is 4.72. The number of anilines is 1. The van der Waals surface area contributed by atoms with Crippen molar-refractivity contribution in [3.05, 3.63) is 33.3 Å². The van der Waals surface area contributed by atoms with E-state index >= 15 is 0 Å². The van der Waals surface area contributed by atoms with Gasteiger partial charge in [0.1, 0.15) is 11.4 Å². The molecule has 0 amide bonds. The molecule has 0 saturated heterocycles. The zero-order valence-corrected chi connectivity index (χ0v) is 11.1. The van der Waals surface area contributed by atoms with Gasteiger partial charge in [-0.25, -0.2) is 4.79 Å². The first-order valence-electron chi connectivity index (χ1n) is 5.37. The summed E-state index contributed by atoms with van der Waals surface area (Å²) in [7, 11) is 0. The molecular formula is C11H12ClN3O4. The van der Waals surface area contributed by atoms with Gasteiger partial charge in [0.15, 0.2) is 0 Å². The minimum absolute atomic E-state index is 0.0520. The molecule has 0 aliphatic heterocycles. The van der Waals surface area contributed by atoms with E-state index in [2.05, 4.69) is 10.5 Å². The van der Waals surface area contributed by atoms with Crippen LogP contribution >= 0.6 is 11.6 Å². The number of benzene rings is 1. The maximum atomic E-state index is 11.3. The molecule has 1 aromatic carbocycles. The molecule has 1 aromatic rings. The van der Waals surface area contributed by atoms with Gasteiger partial charge >= 0.3 is 5.97 Å². The second-order valence-corrected chi connectivity index (χ2v) is 3.88. The lowest BCUT2D eigenvalue weighted by molar-refractivity contribution is -0.384. The molecule has 8 heteroatoms. The smallest absolute Gasteiger partial charge is 0.354 e.